The Morgan fingerprint density at radius 1 is 1.03 bits per heavy atom. The summed E-state index contributed by atoms with van der Waals surface area (Å²) >= 11 is 1.52. The maximum absolute atomic E-state index is 13.6. The zero-order valence-corrected chi connectivity index (χ0v) is 21.2. The van der Waals surface area contributed by atoms with Crippen LogP contribution in [0.15, 0.2) is 66.0 Å². The van der Waals surface area contributed by atoms with Gasteiger partial charge in [-0.1, -0.05) is 12.1 Å². The molecule has 6 nitrogen and oxygen atoms in total. The molecule has 2 aromatic carbocycles. The van der Waals surface area contributed by atoms with E-state index in [4.69, 9.17) is 0 Å². The summed E-state index contributed by atoms with van der Waals surface area (Å²) in [4.78, 5) is 30.6. The number of hydrogen-bond donors (Lipinski definition) is 1. The summed E-state index contributed by atoms with van der Waals surface area (Å²) in [6.07, 6.45) is -4.45. The third-order valence-corrected chi connectivity index (χ3v) is 7.57. The third-order valence-electron chi connectivity index (χ3n) is 6.61. The average molecular weight is 545 g/mol. The van der Waals surface area contributed by atoms with Crippen LogP contribution in [0.5, 0.6) is 0 Å². The first-order chi connectivity index (χ1) is 18.1. The Morgan fingerprint density at radius 3 is 2.39 bits per heavy atom. The van der Waals surface area contributed by atoms with Crippen LogP contribution in [0, 0.1) is 5.82 Å². The number of nitrogens with zero attached hydrogens (tertiary/aromatic N) is 3. The van der Waals surface area contributed by atoms with E-state index in [1.165, 1.54) is 35.6 Å². The molecule has 0 aliphatic carbocycles. The van der Waals surface area contributed by atoms with Gasteiger partial charge >= 0.3 is 12.2 Å². The standard InChI is InChI=1S/C27H24F4N4O2S/c1-17-15-33(11-12-34(17)26(37)32-22-8-4-20(5-9-22)27(29,30)31)24(36)23-14-19-10-13-38-25(19)35(23)16-18-2-6-21(28)7-3-18/h2-10,13-14,17H,11-12,15-16H2,1H3,(H,32,37)/t17-/m0/s1. The molecule has 5 rings (SSSR count). The number of halogens is 4. The molecule has 1 aliphatic heterocycles. The minimum Gasteiger partial charge on any atom is -0.334 e. The van der Waals surface area contributed by atoms with Gasteiger partial charge in [-0.15, -0.1) is 11.3 Å². The topological polar surface area (TPSA) is 57.6 Å². The Bertz CT molecular complexity index is 1460. The second-order valence-electron chi connectivity index (χ2n) is 9.22. The number of benzene rings is 2. The van der Waals surface area contributed by atoms with E-state index in [0.717, 1.165) is 27.9 Å². The lowest BCUT2D eigenvalue weighted by atomic mass is 10.1. The van der Waals surface area contributed by atoms with Gasteiger partial charge in [-0.25, -0.2) is 9.18 Å². The van der Waals surface area contributed by atoms with Crippen molar-refractivity contribution in [3.8, 4) is 0 Å². The third kappa shape index (κ3) is 5.24. The van der Waals surface area contributed by atoms with Crippen molar-refractivity contribution >= 4 is 39.2 Å². The summed E-state index contributed by atoms with van der Waals surface area (Å²) in [5, 5.41) is 5.54. The number of thiophene rings is 1. The van der Waals surface area contributed by atoms with Gasteiger partial charge in [-0.3, -0.25) is 4.79 Å². The number of piperazine rings is 1. The van der Waals surface area contributed by atoms with Gasteiger partial charge in [0.1, 0.15) is 16.3 Å². The normalized spacial score (nSPS) is 16.2. The summed E-state index contributed by atoms with van der Waals surface area (Å²) < 4.78 is 53.7. The van der Waals surface area contributed by atoms with Crippen molar-refractivity contribution in [3.63, 3.8) is 0 Å². The molecule has 4 aromatic rings. The van der Waals surface area contributed by atoms with Crippen LogP contribution in [-0.2, 0) is 12.7 Å². The molecule has 1 fully saturated rings. The molecule has 0 saturated carbocycles. The highest BCUT2D eigenvalue weighted by atomic mass is 32.1. The number of fused-ring (bicyclic) bond motifs is 1. The van der Waals surface area contributed by atoms with E-state index in [0.29, 0.717) is 25.3 Å². The molecular weight excluding hydrogens is 520 g/mol. The van der Waals surface area contributed by atoms with Gasteiger partial charge in [0.15, 0.2) is 0 Å². The highest BCUT2D eigenvalue weighted by molar-refractivity contribution is 7.16. The van der Waals surface area contributed by atoms with Gasteiger partial charge in [-0.05, 0) is 66.4 Å². The highest BCUT2D eigenvalue weighted by Crippen LogP contribution is 2.30. The van der Waals surface area contributed by atoms with Crippen molar-refractivity contribution in [3.05, 3.63) is 88.7 Å². The molecule has 0 radical (unpaired) electrons. The Hall–Kier alpha value is -3.86. The summed E-state index contributed by atoms with van der Waals surface area (Å²) in [5.41, 5.74) is 0.850. The van der Waals surface area contributed by atoms with Crippen LogP contribution in [0.3, 0.4) is 0 Å². The number of hydrogen-bond acceptors (Lipinski definition) is 3. The van der Waals surface area contributed by atoms with Crippen LogP contribution in [0.25, 0.3) is 10.2 Å². The quantitative estimate of drug-likeness (QED) is 0.307. The van der Waals surface area contributed by atoms with Crippen molar-refractivity contribution in [2.24, 2.45) is 0 Å². The fourth-order valence-electron chi connectivity index (χ4n) is 4.63. The van der Waals surface area contributed by atoms with Gasteiger partial charge in [-0.2, -0.15) is 13.2 Å². The second-order valence-corrected chi connectivity index (χ2v) is 10.1. The molecule has 1 saturated heterocycles. The Labute approximate surface area is 220 Å². The summed E-state index contributed by atoms with van der Waals surface area (Å²) in [7, 11) is 0. The maximum Gasteiger partial charge on any atom is 0.416 e. The molecular formula is C27H24F4N4O2S. The van der Waals surface area contributed by atoms with Gasteiger partial charge in [0, 0.05) is 43.3 Å². The fourth-order valence-corrected chi connectivity index (χ4v) is 5.52. The van der Waals surface area contributed by atoms with Gasteiger partial charge in [0.25, 0.3) is 5.91 Å². The van der Waals surface area contributed by atoms with Gasteiger partial charge in [0.2, 0.25) is 0 Å². The Morgan fingerprint density at radius 2 is 1.74 bits per heavy atom. The second kappa shape index (κ2) is 10.1. The molecule has 0 unspecified atom stereocenters. The van der Waals surface area contributed by atoms with Crippen LogP contribution in [-0.4, -0.2) is 52.0 Å². The molecule has 3 heterocycles. The van der Waals surface area contributed by atoms with Crippen LogP contribution in [0.4, 0.5) is 28.0 Å². The maximum atomic E-state index is 13.6. The summed E-state index contributed by atoms with van der Waals surface area (Å²) in [6, 6.07) is 13.5. The number of carbonyl (C=O) groups is 2. The predicted molar refractivity (Wildman–Crippen MR) is 138 cm³/mol. The van der Waals surface area contributed by atoms with Crippen molar-refractivity contribution in [1.29, 1.82) is 0 Å². The van der Waals surface area contributed by atoms with E-state index < -0.39 is 17.8 Å². The van der Waals surface area contributed by atoms with E-state index in [1.54, 1.807) is 21.9 Å². The van der Waals surface area contributed by atoms with E-state index in [9.17, 15) is 27.2 Å². The van der Waals surface area contributed by atoms with Crippen LogP contribution >= 0.6 is 11.3 Å². The minimum absolute atomic E-state index is 0.162. The fraction of sp³-hybridized carbons (Fsp3) is 0.259. The largest absolute Gasteiger partial charge is 0.416 e. The smallest absolute Gasteiger partial charge is 0.334 e. The number of nitrogens with one attached hydrogen (secondary N) is 1. The van der Waals surface area contributed by atoms with E-state index in [1.807, 2.05) is 29.0 Å². The molecule has 0 spiro atoms. The highest BCUT2D eigenvalue weighted by Gasteiger charge is 2.33. The van der Waals surface area contributed by atoms with E-state index >= 15 is 0 Å². The lowest BCUT2D eigenvalue weighted by molar-refractivity contribution is -0.137. The molecule has 0 bridgehead atoms. The first kappa shape index (κ1) is 25.8. The molecule has 11 heteroatoms. The van der Waals surface area contributed by atoms with Crippen LogP contribution in [0.2, 0.25) is 0 Å². The first-order valence-corrected chi connectivity index (χ1v) is 12.8. The number of anilines is 1. The van der Waals surface area contributed by atoms with Crippen LogP contribution in [0.1, 0.15) is 28.5 Å². The zero-order chi connectivity index (χ0) is 27.0. The number of urea groups is 1. The molecule has 2 aromatic heterocycles. The molecule has 1 atom stereocenters. The molecule has 1 aliphatic rings. The Kier molecular flexibility index (Phi) is 6.87. The Balaban J connectivity index is 1.27. The average Bonchev–Trinajstić information content (AvgIpc) is 3.47. The molecule has 38 heavy (non-hydrogen) atoms. The lowest BCUT2D eigenvalue weighted by Crippen LogP contribution is -2.56. The number of carbonyl (C=O) groups excluding carboxylic acids is 2. The van der Waals surface area contributed by atoms with Gasteiger partial charge in [0.05, 0.1) is 5.56 Å². The van der Waals surface area contributed by atoms with Crippen molar-refractivity contribution in [2.45, 2.75) is 25.7 Å². The molecule has 3 amide bonds. The van der Waals surface area contributed by atoms with Crippen molar-refractivity contribution < 1.29 is 27.2 Å². The van der Waals surface area contributed by atoms with E-state index in [-0.39, 0.29) is 30.0 Å². The predicted octanol–water partition coefficient (Wildman–Crippen LogP) is 6.29. The van der Waals surface area contributed by atoms with E-state index in [2.05, 4.69) is 5.32 Å². The SMILES string of the molecule is C[C@H]1CN(C(=O)c2cc3ccsc3n2Cc2ccc(F)cc2)CCN1C(=O)Nc1ccc(C(F)(F)F)cc1. The lowest BCUT2D eigenvalue weighted by Gasteiger charge is -2.39. The molecule has 1 N–H and O–H groups in total. The number of aromatic nitrogens is 1. The zero-order valence-electron chi connectivity index (χ0n) is 20.3. The van der Waals surface area contributed by atoms with Crippen LogP contribution < -0.4 is 5.32 Å². The van der Waals surface area contributed by atoms with Crippen molar-refractivity contribution in [2.75, 3.05) is 25.0 Å². The minimum atomic E-state index is -4.45. The summed E-state index contributed by atoms with van der Waals surface area (Å²) in [6.45, 7) is 3.11. The number of rotatable bonds is 4. The molecule has 198 valence electrons. The number of alkyl halides is 3. The van der Waals surface area contributed by atoms with Gasteiger partial charge < -0.3 is 19.7 Å². The first-order valence-electron chi connectivity index (χ1n) is 12.0. The summed E-state index contributed by atoms with van der Waals surface area (Å²) in [5.74, 6) is -0.488. The van der Waals surface area contributed by atoms with Crippen molar-refractivity contribution in [1.82, 2.24) is 14.4 Å². The number of amides is 3. The monoisotopic (exact) mass is 544 g/mol.